The van der Waals surface area contributed by atoms with Crippen LogP contribution in [0.3, 0.4) is 0 Å². The zero-order chi connectivity index (χ0) is 42.2. The molecule has 0 saturated carbocycles. The predicted octanol–water partition coefficient (Wildman–Crippen LogP) is 11.2. The van der Waals surface area contributed by atoms with Gasteiger partial charge in [0.05, 0.1) is 16.8 Å². The lowest BCUT2D eigenvalue weighted by atomic mass is 10.2. The molecule has 0 bridgehead atoms. The van der Waals surface area contributed by atoms with Gasteiger partial charge in [0.15, 0.2) is 0 Å². The number of halogens is 9. The quantitative estimate of drug-likeness (QED) is 0.105. The van der Waals surface area contributed by atoms with Gasteiger partial charge in [0.2, 0.25) is 23.5 Å². The highest BCUT2D eigenvalue weighted by Crippen LogP contribution is 2.36. The summed E-state index contributed by atoms with van der Waals surface area (Å²) < 4.78 is 86.9. The minimum absolute atomic E-state index is 0.00229. The Morgan fingerprint density at radius 1 is 0.709 bits per heavy atom. The Morgan fingerprint density at radius 3 is 1.44 bits per heavy atom. The van der Waals surface area contributed by atoms with Crippen molar-refractivity contribution in [1.29, 1.82) is 0 Å². The average molecular weight is 846 g/mol. The SMILES string of the molecule is CC(C)N(C(=O)Cl)C(C)C.Cc1cc(Oc2ncc(C(F)(F)F)cc2Cl)n[nH]1.Cc1cc(Oc2ncc(C(F)(F)F)cc2Cl)nn1C(=O)N(C(C)C)C(C)C. The summed E-state index contributed by atoms with van der Waals surface area (Å²) in [6, 6.07) is 4.46. The fraction of sp³-hybridized carbons (Fsp3) is 0.471. The van der Waals surface area contributed by atoms with Crippen LogP contribution in [0.15, 0.2) is 36.7 Å². The molecule has 0 fully saturated rings. The Morgan fingerprint density at radius 2 is 1.13 bits per heavy atom. The van der Waals surface area contributed by atoms with Crippen LogP contribution >= 0.6 is 34.8 Å². The Labute approximate surface area is 329 Å². The van der Waals surface area contributed by atoms with Crippen LogP contribution in [0, 0.1) is 13.8 Å². The molecule has 4 aromatic rings. The molecule has 0 aliphatic rings. The number of rotatable bonds is 8. The summed E-state index contributed by atoms with van der Waals surface area (Å²) in [7, 11) is 0. The molecule has 4 rings (SSSR count). The van der Waals surface area contributed by atoms with Gasteiger partial charge < -0.3 is 19.3 Å². The van der Waals surface area contributed by atoms with Gasteiger partial charge in [0, 0.05) is 54.4 Å². The van der Waals surface area contributed by atoms with E-state index in [4.69, 9.17) is 44.3 Å². The second kappa shape index (κ2) is 19.5. The number of hydrogen-bond donors (Lipinski definition) is 1. The number of hydrogen-bond acceptors (Lipinski definition) is 8. The lowest BCUT2D eigenvalue weighted by molar-refractivity contribution is -0.138. The normalized spacial score (nSPS) is 11.6. The Kier molecular flexibility index (Phi) is 16.6. The molecule has 0 radical (unpaired) electrons. The molecule has 4 heterocycles. The molecule has 55 heavy (non-hydrogen) atoms. The van der Waals surface area contributed by atoms with Crippen LogP contribution in [0.2, 0.25) is 10.0 Å². The number of pyridine rings is 2. The number of nitrogens with one attached hydrogen (secondary N) is 1. The highest BCUT2D eigenvalue weighted by atomic mass is 35.5. The van der Waals surface area contributed by atoms with Gasteiger partial charge in [-0.15, -0.1) is 10.2 Å². The van der Waals surface area contributed by atoms with Gasteiger partial charge in [-0.1, -0.05) is 23.2 Å². The number of alkyl halides is 6. The number of H-pyrrole nitrogens is 1. The second-order valence-corrected chi connectivity index (χ2v) is 14.0. The molecule has 4 aromatic heterocycles. The van der Waals surface area contributed by atoms with Crippen molar-refractivity contribution in [3.8, 4) is 23.5 Å². The third-order valence-electron chi connectivity index (χ3n) is 7.05. The van der Waals surface area contributed by atoms with E-state index in [-0.39, 0.29) is 69.1 Å². The Bertz CT molecular complexity index is 1880. The first-order valence-corrected chi connectivity index (χ1v) is 17.6. The van der Waals surface area contributed by atoms with Crippen LogP contribution in [-0.2, 0) is 12.4 Å². The molecule has 0 aliphatic carbocycles. The van der Waals surface area contributed by atoms with E-state index in [1.165, 1.54) is 10.7 Å². The van der Waals surface area contributed by atoms with E-state index in [1.54, 1.807) is 29.7 Å². The van der Waals surface area contributed by atoms with Crippen molar-refractivity contribution in [2.24, 2.45) is 0 Å². The monoisotopic (exact) mass is 844 g/mol. The smallest absolute Gasteiger partial charge is 0.417 e. The van der Waals surface area contributed by atoms with Gasteiger partial charge in [-0.2, -0.15) is 31.0 Å². The van der Waals surface area contributed by atoms with Gasteiger partial charge >= 0.3 is 23.8 Å². The van der Waals surface area contributed by atoms with Crippen LogP contribution in [0.5, 0.6) is 23.5 Å². The van der Waals surface area contributed by atoms with Crippen LogP contribution in [-0.4, -0.2) is 75.3 Å². The molecule has 0 aliphatic heterocycles. The van der Waals surface area contributed by atoms with E-state index >= 15 is 0 Å². The Balaban J connectivity index is 0.000000320. The molecule has 0 spiro atoms. The lowest BCUT2D eigenvalue weighted by Gasteiger charge is -2.30. The van der Waals surface area contributed by atoms with Crippen molar-refractivity contribution >= 4 is 46.2 Å². The lowest BCUT2D eigenvalue weighted by Crippen LogP contribution is -2.45. The molecule has 0 aromatic carbocycles. The first-order chi connectivity index (χ1) is 25.2. The van der Waals surface area contributed by atoms with E-state index in [9.17, 15) is 35.9 Å². The summed E-state index contributed by atoms with van der Waals surface area (Å²) in [5.74, 6) is -0.174. The number of aromatic amines is 1. The largest absolute Gasteiger partial charge is 0.417 e. The van der Waals surface area contributed by atoms with Crippen molar-refractivity contribution in [3.63, 3.8) is 0 Å². The van der Waals surface area contributed by atoms with E-state index in [1.807, 2.05) is 55.4 Å². The number of ether oxygens (including phenoxy) is 2. The van der Waals surface area contributed by atoms with Gasteiger partial charge in [-0.05, 0) is 93.0 Å². The maximum Gasteiger partial charge on any atom is 0.417 e. The average Bonchev–Trinajstić information content (AvgIpc) is 3.61. The molecule has 0 unspecified atom stereocenters. The topological polar surface area (TPSA) is 131 Å². The summed E-state index contributed by atoms with van der Waals surface area (Å²) in [5.41, 5.74) is -0.670. The first-order valence-electron chi connectivity index (χ1n) is 16.4. The van der Waals surface area contributed by atoms with E-state index in [0.29, 0.717) is 18.1 Å². The molecule has 0 saturated heterocycles. The van der Waals surface area contributed by atoms with Gasteiger partial charge in [0.1, 0.15) is 10.0 Å². The molecule has 1 N–H and O–H groups in total. The third kappa shape index (κ3) is 13.8. The van der Waals surface area contributed by atoms with Crippen molar-refractivity contribution in [3.05, 3.63) is 69.2 Å². The molecular weight excluding hydrogens is 805 g/mol. The molecule has 0 atom stereocenters. The van der Waals surface area contributed by atoms with Crippen LogP contribution in [0.4, 0.5) is 35.9 Å². The maximum atomic E-state index is 12.7. The van der Waals surface area contributed by atoms with Crippen molar-refractivity contribution in [1.82, 2.24) is 39.7 Å². The van der Waals surface area contributed by atoms with E-state index in [0.717, 1.165) is 17.8 Å². The number of amides is 2. The van der Waals surface area contributed by atoms with Crippen LogP contribution < -0.4 is 9.47 Å². The Hall–Kier alpha value is -4.29. The van der Waals surface area contributed by atoms with E-state index < -0.39 is 23.5 Å². The highest BCUT2D eigenvalue weighted by Gasteiger charge is 2.33. The fourth-order valence-electron chi connectivity index (χ4n) is 4.79. The van der Waals surface area contributed by atoms with Crippen LogP contribution in [0.25, 0.3) is 0 Å². The summed E-state index contributed by atoms with van der Waals surface area (Å²) in [6.45, 7) is 18.8. The number of carbonyl (C=O) groups excluding carboxylic acids is 2. The minimum Gasteiger partial charge on any atom is -0.417 e. The van der Waals surface area contributed by atoms with E-state index in [2.05, 4.69) is 25.3 Å². The van der Waals surface area contributed by atoms with Crippen molar-refractivity contribution < 1.29 is 45.4 Å². The summed E-state index contributed by atoms with van der Waals surface area (Å²) in [5, 5.41) is 9.55. The summed E-state index contributed by atoms with van der Waals surface area (Å²) >= 11 is 16.8. The maximum absolute atomic E-state index is 12.7. The second-order valence-electron chi connectivity index (χ2n) is 12.9. The van der Waals surface area contributed by atoms with Crippen LogP contribution in [0.1, 0.15) is 77.9 Å². The van der Waals surface area contributed by atoms with Crippen molar-refractivity contribution in [2.75, 3.05) is 0 Å². The first kappa shape index (κ1) is 46.9. The van der Waals surface area contributed by atoms with Gasteiger partial charge in [-0.3, -0.25) is 9.89 Å². The number of aromatic nitrogens is 6. The summed E-state index contributed by atoms with van der Waals surface area (Å²) in [6.07, 6.45) is -7.77. The predicted molar refractivity (Wildman–Crippen MR) is 195 cm³/mol. The third-order valence-corrected chi connectivity index (χ3v) is 7.79. The zero-order valence-electron chi connectivity index (χ0n) is 31.4. The fourth-order valence-corrected chi connectivity index (χ4v) is 5.59. The molecule has 304 valence electrons. The standard InChI is InChI=1S/C17H20ClF3N4O2.C10H7ClF3N3O.C7H14ClNO/c1-9(2)24(10(3)4)16(26)25-11(5)6-14(23-25)27-15-13(18)7-12(8-22-15)17(19,20)21;1-5-2-8(17-16-5)18-9-7(11)3-6(4-15-9)10(12,13)14;1-5(2)9(6(3)4)7(8)10/h6-10H,1-5H3;2-4H,1H3,(H,16,17);5-6H,1-4H3. The zero-order valence-corrected chi connectivity index (χ0v) is 33.7. The summed E-state index contributed by atoms with van der Waals surface area (Å²) in [4.78, 5) is 33.8. The molecule has 2 amide bonds. The minimum atomic E-state index is -4.56. The van der Waals surface area contributed by atoms with Gasteiger partial charge in [-0.25, -0.2) is 14.8 Å². The highest BCUT2D eigenvalue weighted by molar-refractivity contribution is 6.62. The van der Waals surface area contributed by atoms with Crippen molar-refractivity contribution in [2.45, 2.75) is 106 Å². The molecule has 12 nitrogen and oxygen atoms in total. The number of aryl methyl sites for hydroxylation is 2. The molecular formula is C34H41Cl3F6N8O4. The molecule has 21 heteroatoms. The number of nitrogens with zero attached hydrogens (tertiary/aromatic N) is 7. The number of carbonyl (C=O) groups is 2. The van der Waals surface area contributed by atoms with Gasteiger partial charge in [0.25, 0.3) is 0 Å².